The van der Waals surface area contributed by atoms with Crippen molar-refractivity contribution in [3.8, 4) is 0 Å². The molecule has 0 radical (unpaired) electrons. The van der Waals surface area contributed by atoms with Gasteiger partial charge in [0.2, 0.25) is 5.91 Å². The molecule has 134 valence electrons. The Labute approximate surface area is 150 Å². The second-order valence-electron chi connectivity index (χ2n) is 6.48. The topological polar surface area (TPSA) is 63.2 Å². The third kappa shape index (κ3) is 6.35. The predicted molar refractivity (Wildman–Crippen MR) is 100 cm³/mol. The van der Waals surface area contributed by atoms with Crippen LogP contribution in [-0.2, 0) is 21.1 Å². The lowest BCUT2D eigenvalue weighted by Gasteiger charge is -2.13. The first-order valence-corrected chi connectivity index (χ1v) is 10.1. The van der Waals surface area contributed by atoms with E-state index >= 15 is 0 Å². The summed E-state index contributed by atoms with van der Waals surface area (Å²) in [6.45, 7) is 4.51. The first-order chi connectivity index (χ1) is 11.9. The van der Waals surface area contributed by atoms with Gasteiger partial charge in [-0.2, -0.15) is 0 Å². The lowest BCUT2D eigenvalue weighted by molar-refractivity contribution is -0.120. The number of carbonyl (C=O) groups is 1. The van der Waals surface area contributed by atoms with Gasteiger partial charge in [-0.25, -0.2) is 8.42 Å². The molecule has 0 saturated heterocycles. The van der Waals surface area contributed by atoms with Crippen molar-refractivity contribution >= 4 is 15.7 Å². The highest BCUT2D eigenvalue weighted by Crippen LogP contribution is 2.13. The molecule has 1 atom stereocenters. The van der Waals surface area contributed by atoms with E-state index in [4.69, 9.17) is 0 Å². The zero-order valence-corrected chi connectivity index (χ0v) is 15.6. The Kier molecular flexibility index (Phi) is 6.76. The zero-order valence-electron chi connectivity index (χ0n) is 14.7. The molecule has 25 heavy (non-hydrogen) atoms. The van der Waals surface area contributed by atoms with Crippen LogP contribution in [-0.4, -0.2) is 26.6 Å². The average Bonchev–Trinajstić information content (AvgIpc) is 2.59. The molecule has 0 aliphatic heterocycles. The molecule has 1 N–H and O–H groups in total. The van der Waals surface area contributed by atoms with Crippen LogP contribution in [0.25, 0.3) is 0 Å². The maximum absolute atomic E-state index is 12.2. The number of rotatable bonds is 8. The zero-order chi connectivity index (χ0) is 18.3. The fourth-order valence-electron chi connectivity index (χ4n) is 2.56. The predicted octanol–water partition coefficient (Wildman–Crippen LogP) is 3.15. The molecule has 5 heteroatoms. The SMILES string of the molecule is Cc1ccc(S(=O)(=O)CCC(=O)NCC(C)Cc2ccccc2)cc1. The number of sulfone groups is 1. The van der Waals surface area contributed by atoms with Crippen molar-refractivity contribution in [1.29, 1.82) is 0 Å². The van der Waals surface area contributed by atoms with Crippen molar-refractivity contribution in [1.82, 2.24) is 5.32 Å². The van der Waals surface area contributed by atoms with Crippen LogP contribution in [0.2, 0.25) is 0 Å². The summed E-state index contributed by atoms with van der Waals surface area (Å²) in [6, 6.07) is 16.8. The molecule has 2 aromatic rings. The van der Waals surface area contributed by atoms with Gasteiger partial charge in [0.1, 0.15) is 0 Å². The van der Waals surface area contributed by atoms with E-state index in [9.17, 15) is 13.2 Å². The molecule has 0 aromatic heterocycles. The molecule has 2 aromatic carbocycles. The molecule has 2 rings (SSSR count). The monoisotopic (exact) mass is 359 g/mol. The van der Waals surface area contributed by atoms with Crippen LogP contribution in [0.3, 0.4) is 0 Å². The van der Waals surface area contributed by atoms with Gasteiger partial charge in [0.15, 0.2) is 9.84 Å². The van der Waals surface area contributed by atoms with Crippen LogP contribution in [0.5, 0.6) is 0 Å². The molecule has 0 heterocycles. The molecule has 1 amide bonds. The van der Waals surface area contributed by atoms with Gasteiger partial charge in [0, 0.05) is 13.0 Å². The van der Waals surface area contributed by atoms with Gasteiger partial charge in [-0.1, -0.05) is 55.0 Å². The largest absolute Gasteiger partial charge is 0.356 e. The number of hydrogen-bond donors (Lipinski definition) is 1. The van der Waals surface area contributed by atoms with E-state index in [-0.39, 0.29) is 23.0 Å². The number of benzene rings is 2. The summed E-state index contributed by atoms with van der Waals surface area (Å²) in [5.74, 6) is -0.106. The highest BCUT2D eigenvalue weighted by molar-refractivity contribution is 7.91. The Balaban J connectivity index is 1.77. The van der Waals surface area contributed by atoms with Crippen LogP contribution in [0.1, 0.15) is 24.5 Å². The van der Waals surface area contributed by atoms with E-state index in [1.165, 1.54) is 5.56 Å². The van der Waals surface area contributed by atoms with E-state index < -0.39 is 9.84 Å². The Morgan fingerprint density at radius 2 is 1.68 bits per heavy atom. The lowest BCUT2D eigenvalue weighted by atomic mass is 10.0. The van der Waals surface area contributed by atoms with Crippen molar-refractivity contribution in [3.05, 3.63) is 65.7 Å². The Morgan fingerprint density at radius 3 is 2.32 bits per heavy atom. The summed E-state index contributed by atoms with van der Waals surface area (Å²) in [6.07, 6.45) is 0.858. The van der Waals surface area contributed by atoms with Crippen molar-refractivity contribution in [3.63, 3.8) is 0 Å². The molecule has 0 fully saturated rings. The highest BCUT2D eigenvalue weighted by Gasteiger charge is 2.16. The van der Waals surface area contributed by atoms with Crippen molar-refractivity contribution in [2.24, 2.45) is 5.92 Å². The standard InChI is InChI=1S/C20H25NO3S/c1-16-8-10-19(11-9-16)25(23,24)13-12-20(22)21-15-17(2)14-18-6-4-3-5-7-18/h3-11,17H,12-15H2,1-2H3,(H,21,22). The van der Waals surface area contributed by atoms with Crippen molar-refractivity contribution in [2.45, 2.75) is 31.6 Å². The van der Waals surface area contributed by atoms with Gasteiger partial charge in [-0.05, 0) is 37.0 Å². The van der Waals surface area contributed by atoms with Gasteiger partial charge < -0.3 is 5.32 Å². The number of hydrogen-bond acceptors (Lipinski definition) is 3. The maximum Gasteiger partial charge on any atom is 0.221 e. The molecule has 0 aliphatic carbocycles. The van der Waals surface area contributed by atoms with Crippen LogP contribution in [0.15, 0.2) is 59.5 Å². The number of amides is 1. The van der Waals surface area contributed by atoms with Gasteiger partial charge >= 0.3 is 0 Å². The van der Waals surface area contributed by atoms with E-state index in [1.807, 2.05) is 25.1 Å². The third-order valence-corrected chi connectivity index (χ3v) is 5.78. The van der Waals surface area contributed by atoms with E-state index in [2.05, 4.69) is 24.4 Å². The van der Waals surface area contributed by atoms with Crippen molar-refractivity contribution in [2.75, 3.05) is 12.3 Å². The van der Waals surface area contributed by atoms with E-state index in [0.29, 0.717) is 12.5 Å². The highest BCUT2D eigenvalue weighted by atomic mass is 32.2. The second-order valence-corrected chi connectivity index (χ2v) is 8.59. The Morgan fingerprint density at radius 1 is 1.04 bits per heavy atom. The van der Waals surface area contributed by atoms with Gasteiger partial charge in [0.25, 0.3) is 0 Å². The Hall–Kier alpha value is -2.14. The van der Waals surface area contributed by atoms with Gasteiger partial charge in [0.05, 0.1) is 10.6 Å². The summed E-state index contributed by atoms with van der Waals surface area (Å²) in [7, 11) is -3.42. The summed E-state index contributed by atoms with van der Waals surface area (Å²) < 4.78 is 24.5. The number of nitrogens with one attached hydrogen (secondary N) is 1. The fourth-order valence-corrected chi connectivity index (χ4v) is 3.80. The van der Waals surface area contributed by atoms with Crippen molar-refractivity contribution < 1.29 is 13.2 Å². The lowest BCUT2D eigenvalue weighted by Crippen LogP contribution is -2.30. The van der Waals surface area contributed by atoms with Crippen LogP contribution in [0.4, 0.5) is 0 Å². The fraction of sp³-hybridized carbons (Fsp3) is 0.350. The minimum absolute atomic E-state index is 0.0196. The quantitative estimate of drug-likeness (QED) is 0.787. The summed E-state index contributed by atoms with van der Waals surface area (Å²) in [4.78, 5) is 12.2. The molecule has 0 spiro atoms. The van der Waals surface area contributed by atoms with Gasteiger partial charge in [-0.15, -0.1) is 0 Å². The maximum atomic E-state index is 12.2. The molecule has 1 unspecified atom stereocenters. The third-order valence-electron chi connectivity index (χ3n) is 4.05. The minimum atomic E-state index is -3.42. The summed E-state index contributed by atoms with van der Waals surface area (Å²) in [5, 5.41) is 2.83. The average molecular weight is 359 g/mol. The van der Waals surface area contributed by atoms with E-state index in [1.54, 1.807) is 24.3 Å². The van der Waals surface area contributed by atoms with E-state index in [0.717, 1.165) is 12.0 Å². The molecule has 0 bridgehead atoms. The summed E-state index contributed by atoms with van der Waals surface area (Å²) in [5.41, 5.74) is 2.23. The first kappa shape index (κ1) is 19.2. The van der Waals surface area contributed by atoms with Gasteiger partial charge in [-0.3, -0.25) is 4.79 Å². The molecule has 0 aliphatic rings. The van der Waals surface area contributed by atoms with Crippen LogP contribution >= 0.6 is 0 Å². The summed E-state index contributed by atoms with van der Waals surface area (Å²) >= 11 is 0. The number of carbonyl (C=O) groups excluding carboxylic acids is 1. The normalized spacial score (nSPS) is 12.6. The smallest absolute Gasteiger partial charge is 0.221 e. The molecular formula is C20H25NO3S. The minimum Gasteiger partial charge on any atom is -0.356 e. The molecule has 0 saturated carbocycles. The van der Waals surface area contributed by atoms with Crippen LogP contribution < -0.4 is 5.32 Å². The molecular weight excluding hydrogens is 334 g/mol. The van der Waals surface area contributed by atoms with Crippen LogP contribution in [0, 0.1) is 12.8 Å². The molecule has 4 nitrogen and oxygen atoms in total. The second kappa shape index (κ2) is 8.81. The number of aryl methyl sites for hydroxylation is 1. The Bertz CT molecular complexity index is 783. The first-order valence-electron chi connectivity index (χ1n) is 8.47.